The average molecular weight is 421 g/mol. The lowest BCUT2D eigenvalue weighted by atomic mass is 10.1. The van der Waals surface area contributed by atoms with Crippen molar-refractivity contribution >= 4 is 17.8 Å². The van der Waals surface area contributed by atoms with Crippen molar-refractivity contribution in [2.24, 2.45) is 0 Å². The number of hydrogen-bond acceptors (Lipinski definition) is 2. The molecule has 2 rings (SSSR count). The van der Waals surface area contributed by atoms with Crippen LogP contribution in [0.4, 0.5) is 5.69 Å². The zero-order chi connectivity index (χ0) is 22.0. The van der Waals surface area contributed by atoms with Gasteiger partial charge in [-0.15, -0.1) is 0 Å². The fraction of sp³-hybridized carbons (Fsp3) is 0.552. The van der Waals surface area contributed by atoms with Crippen molar-refractivity contribution in [3.8, 4) is 0 Å². The van der Waals surface area contributed by atoms with Gasteiger partial charge in [0.2, 0.25) is 0 Å². The van der Waals surface area contributed by atoms with E-state index in [-0.39, 0.29) is 0 Å². The number of anilines is 1. The lowest BCUT2D eigenvalue weighted by Gasteiger charge is -2.25. The Morgan fingerprint density at radius 3 is 1.55 bits per heavy atom. The quantitative estimate of drug-likeness (QED) is 0.238. The van der Waals surface area contributed by atoms with Gasteiger partial charge in [0.25, 0.3) is 0 Å². The van der Waals surface area contributed by atoms with Gasteiger partial charge in [0.05, 0.1) is 0 Å². The van der Waals surface area contributed by atoms with E-state index < -0.39 is 0 Å². The maximum absolute atomic E-state index is 4.08. The summed E-state index contributed by atoms with van der Waals surface area (Å²) in [7, 11) is 0. The van der Waals surface area contributed by atoms with Gasteiger partial charge in [-0.2, -0.15) is 0 Å². The smallest absolute Gasteiger partial charge is 0.0366 e. The fourth-order valence-electron chi connectivity index (χ4n) is 4.00. The van der Waals surface area contributed by atoms with Gasteiger partial charge in [-0.1, -0.05) is 102 Å². The monoisotopic (exact) mass is 420 g/mol. The predicted octanol–water partition coefficient (Wildman–Crippen LogP) is 8.78. The van der Waals surface area contributed by atoms with E-state index in [2.05, 4.69) is 60.1 Å². The molecule has 2 aromatic rings. The summed E-state index contributed by atoms with van der Waals surface area (Å²) in [5.41, 5.74) is 3.81. The first-order valence-corrected chi connectivity index (χ1v) is 12.8. The Kier molecular flexibility index (Phi) is 13.5. The minimum Gasteiger partial charge on any atom is -0.372 e. The van der Waals surface area contributed by atoms with Crippen LogP contribution >= 0.6 is 0 Å². The summed E-state index contributed by atoms with van der Waals surface area (Å²) in [4.78, 5) is 6.70. The van der Waals surface area contributed by atoms with Crippen molar-refractivity contribution < 1.29 is 0 Å². The van der Waals surface area contributed by atoms with Crippen molar-refractivity contribution in [3.05, 3.63) is 59.9 Å². The fourth-order valence-corrected chi connectivity index (χ4v) is 4.00. The van der Waals surface area contributed by atoms with E-state index in [0.717, 1.165) is 0 Å². The zero-order valence-electron chi connectivity index (χ0n) is 20.1. The first kappa shape index (κ1) is 25.2. The number of pyridine rings is 1. The minimum atomic E-state index is 1.19. The molecular weight excluding hydrogens is 376 g/mol. The standard InChI is InChI=1S/C29H44N2/c1-3-5-7-9-11-13-25-31(26-14-12-10-8-6-4-2)29-19-17-27(18-20-29)15-16-28-21-23-30-24-22-28/h15-24H,3-14,25-26H2,1-2H3/b16-15+. The van der Waals surface area contributed by atoms with Gasteiger partial charge in [-0.05, 0) is 48.2 Å². The van der Waals surface area contributed by atoms with E-state index >= 15 is 0 Å². The van der Waals surface area contributed by atoms with Crippen molar-refractivity contribution in [1.82, 2.24) is 4.98 Å². The molecule has 1 aromatic carbocycles. The van der Waals surface area contributed by atoms with Gasteiger partial charge in [-0.25, -0.2) is 0 Å². The number of nitrogens with zero attached hydrogens (tertiary/aromatic N) is 2. The van der Waals surface area contributed by atoms with Gasteiger partial charge in [0, 0.05) is 31.2 Å². The summed E-state index contributed by atoms with van der Waals surface area (Å²) in [6.45, 7) is 6.96. The summed E-state index contributed by atoms with van der Waals surface area (Å²) in [6.07, 6.45) is 24.3. The molecule has 0 aliphatic rings. The van der Waals surface area contributed by atoms with Gasteiger partial charge in [0.1, 0.15) is 0 Å². The second kappa shape index (κ2) is 16.6. The lowest BCUT2D eigenvalue weighted by Crippen LogP contribution is -2.25. The largest absolute Gasteiger partial charge is 0.372 e. The van der Waals surface area contributed by atoms with Crippen LogP contribution in [0.2, 0.25) is 0 Å². The molecule has 0 fully saturated rings. The van der Waals surface area contributed by atoms with Gasteiger partial charge in [0.15, 0.2) is 0 Å². The van der Waals surface area contributed by atoms with E-state index in [1.165, 1.54) is 107 Å². The Balaban J connectivity index is 1.87. The maximum Gasteiger partial charge on any atom is 0.0366 e. The number of benzene rings is 1. The molecule has 0 saturated heterocycles. The highest BCUT2D eigenvalue weighted by atomic mass is 15.1. The molecule has 0 N–H and O–H groups in total. The van der Waals surface area contributed by atoms with Gasteiger partial charge in [-0.3, -0.25) is 4.98 Å². The molecule has 1 heterocycles. The highest BCUT2D eigenvalue weighted by molar-refractivity contribution is 5.70. The molecule has 0 atom stereocenters. The van der Waals surface area contributed by atoms with Crippen LogP contribution in [-0.2, 0) is 0 Å². The Morgan fingerprint density at radius 2 is 1.03 bits per heavy atom. The Labute approximate surface area is 191 Å². The number of rotatable bonds is 17. The van der Waals surface area contributed by atoms with Crippen LogP contribution in [0.1, 0.15) is 102 Å². The van der Waals surface area contributed by atoms with Crippen LogP contribution < -0.4 is 4.90 Å². The molecule has 0 saturated carbocycles. The van der Waals surface area contributed by atoms with E-state index in [4.69, 9.17) is 0 Å². The van der Waals surface area contributed by atoms with Crippen molar-refractivity contribution in [3.63, 3.8) is 0 Å². The summed E-state index contributed by atoms with van der Waals surface area (Å²) in [5.74, 6) is 0. The SMILES string of the molecule is CCCCCCCCN(CCCCCCCC)c1ccc(/C=C/c2ccncc2)cc1. The average Bonchev–Trinajstić information content (AvgIpc) is 2.82. The molecule has 31 heavy (non-hydrogen) atoms. The van der Waals surface area contributed by atoms with E-state index in [1.807, 2.05) is 24.5 Å². The topological polar surface area (TPSA) is 16.1 Å². The molecule has 2 heteroatoms. The zero-order valence-corrected chi connectivity index (χ0v) is 20.1. The van der Waals surface area contributed by atoms with Crippen LogP contribution in [0.5, 0.6) is 0 Å². The van der Waals surface area contributed by atoms with Crippen LogP contribution in [-0.4, -0.2) is 18.1 Å². The Bertz CT molecular complexity index is 674. The van der Waals surface area contributed by atoms with Gasteiger partial charge >= 0.3 is 0 Å². The third kappa shape index (κ3) is 11.2. The molecule has 0 unspecified atom stereocenters. The maximum atomic E-state index is 4.08. The summed E-state index contributed by atoms with van der Waals surface area (Å²) in [6, 6.07) is 13.2. The second-order valence-corrected chi connectivity index (χ2v) is 8.73. The third-order valence-electron chi connectivity index (χ3n) is 6.00. The molecule has 1 aromatic heterocycles. The molecule has 170 valence electrons. The molecule has 0 bridgehead atoms. The Morgan fingerprint density at radius 1 is 0.581 bits per heavy atom. The molecule has 0 aliphatic carbocycles. The van der Waals surface area contributed by atoms with Gasteiger partial charge < -0.3 is 4.90 Å². The molecule has 0 radical (unpaired) electrons. The summed E-state index contributed by atoms with van der Waals surface area (Å²) >= 11 is 0. The minimum absolute atomic E-state index is 1.19. The molecule has 2 nitrogen and oxygen atoms in total. The summed E-state index contributed by atoms with van der Waals surface area (Å²) < 4.78 is 0. The highest BCUT2D eigenvalue weighted by Gasteiger charge is 2.06. The molecular formula is C29H44N2. The second-order valence-electron chi connectivity index (χ2n) is 8.73. The number of hydrogen-bond donors (Lipinski definition) is 0. The van der Waals surface area contributed by atoms with Crippen LogP contribution in [0.3, 0.4) is 0 Å². The Hall–Kier alpha value is -2.09. The van der Waals surface area contributed by atoms with Crippen LogP contribution in [0.15, 0.2) is 48.8 Å². The number of unbranched alkanes of at least 4 members (excludes halogenated alkanes) is 10. The van der Waals surface area contributed by atoms with Crippen molar-refractivity contribution in [2.45, 2.75) is 90.9 Å². The molecule has 0 aliphatic heterocycles. The predicted molar refractivity (Wildman–Crippen MR) is 139 cm³/mol. The van der Waals surface area contributed by atoms with E-state index in [1.54, 1.807) is 0 Å². The first-order chi connectivity index (χ1) is 15.3. The molecule has 0 spiro atoms. The van der Waals surface area contributed by atoms with E-state index in [0.29, 0.717) is 0 Å². The van der Waals surface area contributed by atoms with E-state index in [9.17, 15) is 0 Å². The number of aromatic nitrogens is 1. The van der Waals surface area contributed by atoms with Crippen LogP contribution in [0.25, 0.3) is 12.2 Å². The van der Waals surface area contributed by atoms with Crippen LogP contribution in [0, 0.1) is 0 Å². The first-order valence-electron chi connectivity index (χ1n) is 12.8. The third-order valence-corrected chi connectivity index (χ3v) is 6.00. The normalized spacial score (nSPS) is 11.3. The summed E-state index contributed by atoms with van der Waals surface area (Å²) in [5, 5.41) is 0. The lowest BCUT2D eigenvalue weighted by molar-refractivity contribution is 0.575. The highest BCUT2D eigenvalue weighted by Crippen LogP contribution is 2.19. The van der Waals surface area contributed by atoms with Crippen molar-refractivity contribution in [2.75, 3.05) is 18.0 Å². The molecule has 0 amide bonds. The van der Waals surface area contributed by atoms with Crippen molar-refractivity contribution in [1.29, 1.82) is 0 Å².